The number of carbonyl (C=O) groups excluding carboxylic acids is 1. The van der Waals surface area contributed by atoms with Crippen molar-refractivity contribution in [1.29, 1.82) is 0 Å². The number of amides is 1. The Morgan fingerprint density at radius 3 is 2.25 bits per heavy atom. The number of nitrogens with zero attached hydrogens (tertiary/aromatic N) is 2. The van der Waals surface area contributed by atoms with Crippen molar-refractivity contribution >= 4 is 21.8 Å². The van der Waals surface area contributed by atoms with Gasteiger partial charge in [0.1, 0.15) is 0 Å². The Kier molecular flexibility index (Phi) is 9.63. The summed E-state index contributed by atoms with van der Waals surface area (Å²) in [4.78, 5) is 11.5. The molecule has 0 heterocycles. The van der Waals surface area contributed by atoms with E-state index in [0.29, 0.717) is 5.56 Å². The minimum atomic E-state index is -3.95. The summed E-state index contributed by atoms with van der Waals surface area (Å²) in [7, 11) is -3.95. The van der Waals surface area contributed by atoms with Gasteiger partial charge in [0, 0.05) is 25.1 Å². The van der Waals surface area contributed by atoms with E-state index in [1.54, 1.807) is 0 Å². The second kappa shape index (κ2) is 12.2. The van der Waals surface area contributed by atoms with Crippen molar-refractivity contribution in [2.45, 2.75) is 50.5 Å². The van der Waals surface area contributed by atoms with E-state index in [2.05, 4.69) is 12.1 Å². The summed E-state index contributed by atoms with van der Waals surface area (Å²) in [6, 6.07) is 13.3. The van der Waals surface area contributed by atoms with E-state index in [9.17, 15) is 13.2 Å². The Morgan fingerprint density at radius 2 is 1.69 bits per heavy atom. The lowest BCUT2D eigenvalue weighted by molar-refractivity contribution is -0.129. The van der Waals surface area contributed by atoms with Crippen LogP contribution in [0.25, 0.3) is 0 Å². The highest BCUT2D eigenvalue weighted by Gasteiger charge is 2.25. The lowest BCUT2D eigenvalue weighted by Crippen LogP contribution is -2.34. The van der Waals surface area contributed by atoms with Crippen LogP contribution in [0.2, 0.25) is 0 Å². The third kappa shape index (κ3) is 7.04. The zero-order valence-electron chi connectivity index (χ0n) is 18.1. The van der Waals surface area contributed by atoms with Crippen molar-refractivity contribution in [2.75, 3.05) is 6.54 Å². The predicted molar refractivity (Wildman–Crippen MR) is 121 cm³/mol. The standard InChI is InChI=1S/C22H30N4O5S/c1-2-3-4-5-17-6-8-18(9-7-17)16-26(15-14-21(27)24-28)32(30,31)20-12-10-19(11-13-20)22(23)25-29/h6-13,28-29H,2-5,14-16H2,1H3,(H2,23,25)(H,24,27). The fraction of sp³-hybridized carbons (Fsp3) is 0.364. The molecule has 0 saturated carbocycles. The predicted octanol–water partition coefficient (Wildman–Crippen LogP) is 2.60. The molecule has 32 heavy (non-hydrogen) atoms. The second-order valence-electron chi connectivity index (χ2n) is 7.41. The summed E-state index contributed by atoms with van der Waals surface area (Å²) >= 11 is 0. The number of rotatable bonds is 12. The van der Waals surface area contributed by atoms with E-state index in [-0.39, 0.29) is 30.2 Å². The first-order chi connectivity index (χ1) is 15.3. The molecule has 2 aromatic rings. The largest absolute Gasteiger partial charge is 0.409 e. The number of nitrogens with one attached hydrogen (secondary N) is 1. The van der Waals surface area contributed by atoms with Gasteiger partial charge in [-0.15, -0.1) is 0 Å². The van der Waals surface area contributed by atoms with Gasteiger partial charge in [-0.1, -0.05) is 49.2 Å². The molecule has 0 aliphatic heterocycles. The minimum Gasteiger partial charge on any atom is -0.409 e. The summed E-state index contributed by atoms with van der Waals surface area (Å²) in [5.74, 6) is -0.816. The maximum atomic E-state index is 13.3. The molecule has 0 unspecified atom stereocenters. The third-order valence-corrected chi connectivity index (χ3v) is 6.92. The molecule has 2 aromatic carbocycles. The monoisotopic (exact) mass is 462 g/mol. The van der Waals surface area contributed by atoms with E-state index in [1.807, 2.05) is 24.3 Å². The van der Waals surface area contributed by atoms with Crippen molar-refractivity contribution in [3.05, 3.63) is 65.2 Å². The summed E-state index contributed by atoms with van der Waals surface area (Å²) < 4.78 is 27.7. The van der Waals surface area contributed by atoms with Crippen LogP contribution in [-0.2, 0) is 27.8 Å². The van der Waals surface area contributed by atoms with Gasteiger partial charge in [0.05, 0.1) is 4.90 Å². The molecule has 0 atom stereocenters. The number of hydrogen-bond acceptors (Lipinski definition) is 6. The Morgan fingerprint density at radius 1 is 1.06 bits per heavy atom. The molecular formula is C22H30N4O5S. The number of hydroxylamine groups is 1. The topological polar surface area (TPSA) is 145 Å². The van der Waals surface area contributed by atoms with Crippen LogP contribution >= 0.6 is 0 Å². The molecule has 0 aromatic heterocycles. The smallest absolute Gasteiger partial charge is 0.244 e. The molecule has 0 fully saturated rings. The number of aryl methyl sites for hydroxylation is 1. The van der Waals surface area contributed by atoms with Crippen LogP contribution in [0.3, 0.4) is 0 Å². The van der Waals surface area contributed by atoms with Crippen molar-refractivity contribution in [3.63, 3.8) is 0 Å². The first-order valence-corrected chi connectivity index (χ1v) is 11.8. The van der Waals surface area contributed by atoms with Gasteiger partial charge in [0.15, 0.2) is 5.84 Å². The summed E-state index contributed by atoms with van der Waals surface area (Å²) in [5, 5.41) is 20.4. The Bertz CT molecular complexity index is 1010. The van der Waals surface area contributed by atoms with Crippen LogP contribution in [0.1, 0.15) is 49.3 Å². The number of unbranched alkanes of at least 4 members (excludes halogenated alkanes) is 2. The molecule has 5 N–H and O–H groups in total. The van der Waals surface area contributed by atoms with Gasteiger partial charge in [-0.05, 0) is 48.2 Å². The molecule has 0 bridgehead atoms. The number of hydrogen-bond donors (Lipinski definition) is 4. The average Bonchev–Trinajstić information content (AvgIpc) is 2.82. The lowest BCUT2D eigenvalue weighted by Gasteiger charge is -2.22. The molecule has 0 saturated heterocycles. The van der Waals surface area contributed by atoms with Gasteiger partial charge >= 0.3 is 0 Å². The number of benzene rings is 2. The highest BCUT2D eigenvalue weighted by molar-refractivity contribution is 7.89. The molecule has 0 spiro atoms. The molecule has 2 rings (SSSR count). The average molecular weight is 463 g/mol. The first kappa shape index (κ1) is 25.3. The molecular weight excluding hydrogens is 432 g/mol. The summed E-state index contributed by atoms with van der Waals surface area (Å²) in [6.45, 7) is 2.10. The first-order valence-electron chi connectivity index (χ1n) is 10.4. The maximum Gasteiger partial charge on any atom is 0.244 e. The van der Waals surface area contributed by atoms with Crippen molar-refractivity contribution < 1.29 is 23.6 Å². The van der Waals surface area contributed by atoms with Gasteiger partial charge in [0.2, 0.25) is 15.9 Å². The molecule has 9 nitrogen and oxygen atoms in total. The van der Waals surface area contributed by atoms with Crippen LogP contribution in [0.5, 0.6) is 0 Å². The van der Waals surface area contributed by atoms with Crippen molar-refractivity contribution in [1.82, 2.24) is 9.79 Å². The zero-order valence-corrected chi connectivity index (χ0v) is 18.9. The number of sulfonamides is 1. The van der Waals surface area contributed by atoms with Gasteiger partial charge in [-0.3, -0.25) is 10.0 Å². The van der Waals surface area contributed by atoms with Crippen LogP contribution in [0.15, 0.2) is 58.6 Å². The van der Waals surface area contributed by atoms with E-state index in [1.165, 1.54) is 39.6 Å². The molecule has 0 aliphatic carbocycles. The highest BCUT2D eigenvalue weighted by Crippen LogP contribution is 2.20. The van der Waals surface area contributed by atoms with Crippen LogP contribution in [0.4, 0.5) is 0 Å². The number of nitrogens with two attached hydrogens (primary N) is 1. The molecule has 1 amide bonds. The Hall–Kier alpha value is -2.95. The normalized spacial score (nSPS) is 12.2. The number of oxime groups is 1. The quantitative estimate of drug-likeness (QED) is 0.0952. The molecule has 10 heteroatoms. The highest BCUT2D eigenvalue weighted by atomic mass is 32.2. The Labute approximate surface area is 188 Å². The molecule has 0 aliphatic rings. The molecule has 174 valence electrons. The molecule has 0 radical (unpaired) electrons. The summed E-state index contributed by atoms with van der Waals surface area (Å²) in [6.07, 6.45) is 4.18. The second-order valence-corrected chi connectivity index (χ2v) is 9.34. The van der Waals surface area contributed by atoms with E-state index in [4.69, 9.17) is 16.1 Å². The summed E-state index contributed by atoms with van der Waals surface area (Å²) in [5.41, 5.74) is 9.40. The number of amidine groups is 1. The van der Waals surface area contributed by atoms with E-state index < -0.39 is 15.9 Å². The van der Waals surface area contributed by atoms with Crippen LogP contribution in [-0.4, -0.2) is 41.4 Å². The fourth-order valence-electron chi connectivity index (χ4n) is 3.16. The van der Waals surface area contributed by atoms with E-state index >= 15 is 0 Å². The van der Waals surface area contributed by atoms with Crippen LogP contribution in [0, 0.1) is 0 Å². The maximum absolute atomic E-state index is 13.3. The third-order valence-electron chi connectivity index (χ3n) is 5.06. The van der Waals surface area contributed by atoms with Gasteiger partial charge in [0.25, 0.3) is 0 Å². The van der Waals surface area contributed by atoms with Crippen LogP contribution < -0.4 is 11.2 Å². The Balaban J connectivity index is 2.24. The fourth-order valence-corrected chi connectivity index (χ4v) is 4.59. The van der Waals surface area contributed by atoms with E-state index in [0.717, 1.165) is 31.2 Å². The zero-order chi connectivity index (χ0) is 23.6. The SMILES string of the molecule is CCCCCc1ccc(CN(CCC(=O)NO)S(=O)(=O)c2ccc(/C(N)=N/O)cc2)cc1. The van der Waals surface area contributed by atoms with Gasteiger partial charge in [-0.2, -0.15) is 4.31 Å². The van der Waals surface area contributed by atoms with Crippen molar-refractivity contribution in [3.8, 4) is 0 Å². The van der Waals surface area contributed by atoms with Gasteiger partial charge < -0.3 is 10.9 Å². The van der Waals surface area contributed by atoms with Gasteiger partial charge in [-0.25, -0.2) is 13.9 Å². The minimum absolute atomic E-state index is 0.00702. The number of carbonyl (C=O) groups is 1. The van der Waals surface area contributed by atoms with Crippen molar-refractivity contribution in [2.24, 2.45) is 10.9 Å². The lowest BCUT2D eigenvalue weighted by atomic mass is 10.1.